The summed E-state index contributed by atoms with van der Waals surface area (Å²) < 4.78 is 14.3. The number of hydrogen-bond acceptors (Lipinski definition) is 3. The van der Waals surface area contributed by atoms with Gasteiger partial charge in [0.15, 0.2) is 0 Å². The van der Waals surface area contributed by atoms with Crippen molar-refractivity contribution in [3.05, 3.63) is 0 Å². The van der Waals surface area contributed by atoms with Crippen LogP contribution in [0.2, 0.25) is 0 Å². The molecule has 0 unspecified atom stereocenters. The van der Waals surface area contributed by atoms with Crippen molar-refractivity contribution in [2.45, 2.75) is 26.1 Å². The van der Waals surface area contributed by atoms with E-state index >= 15 is 0 Å². The summed E-state index contributed by atoms with van der Waals surface area (Å²) in [7, 11) is -4.64. The average Bonchev–Trinajstić information content (AvgIpc) is 1.81. The number of hydrogen-bond donors (Lipinski definition) is 4. The van der Waals surface area contributed by atoms with E-state index in [9.17, 15) is 0 Å². The van der Waals surface area contributed by atoms with E-state index in [4.69, 9.17) is 24.0 Å². The van der Waals surface area contributed by atoms with E-state index < -0.39 is 7.82 Å². The van der Waals surface area contributed by atoms with Gasteiger partial charge in [0.1, 0.15) is 0 Å². The minimum absolute atomic E-state index is 0.402. The molecule has 7 heteroatoms. The molecule has 0 bridgehead atoms. The largest absolute Gasteiger partial charge is 0.466 e. The molecule has 0 aromatic carbocycles. The van der Waals surface area contributed by atoms with Crippen LogP contribution in [0.25, 0.3) is 0 Å². The third-order valence-electron chi connectivity index (χ3n) is 1.33. The lowest BCUT2D eigenvalue weighted by Crippen LogP contribution is -2.41. The van der Waals surface area contributed by atoms with Crippen molar-refractivity contribution in [1.82, 2.24) is 5.32 Å². The molecule has 80 valence electrons. The summed E-state index contributed by atoms with van der Waals surface area (Å²) in [6.45, 7) is 6.18. The predicted octanol–water partition coefficient (Wildman–Crippen LogP) is -0.545. The zero-order valence-corrected chi connectivity index (χ0v) is 8.57. The first-order chi connectivity index (χ1) is 5.79. The van der Waals surface area contributed by atoms with Crippen LogP contribution in [0.4, 0.5) is 0 Å². The van der Waals surface area contributed by atoms with E-state index in [0.717, 1.165) is 13.1 Å². The molecule has 1 aliphatic heterocycles. The molecule has 6 nitrogen and oxygen atoms in total. The number of phosphoric acid groups is 1. The van der Waals surface area contributed by atoms with Crippen LogP contribution in [0, 0.1) is 0 Å². The highest BCUT2D eigenvalue weighted by Crippen LogP contribution is 2.25. The van der Waals surface area contributed by atoms with Gasteiger partial charge in [-0.25, -0.2) is 4.57 Å². The predicted molar refractivity (Wildman–Crippen MR) is 47.1 cm³/mol. The maximum atomic E-state index is 8.88. The Bertz CT molecular complexity index is 166. The molecule has 1 heterocycles. The van der Waals surface area contributed by atoms with E-state index in [1.165, 1.54) is 0 Å². The molecule has 0 saturated carbocycles. The fraction of sp³-hybridized carbons (Fsp3) is 1.00. The molecule has 0 amide bonds. The Morgan fingerprint density at radius 2 is 1.54 bits per heavy atom. The summed E-state index contributed by atoms with van der Waals surface area (Å²) in [5, 5.41) is 3.26. The van der Waals surface area contributed by atoms with Gasteiger partial charge in [0, 0.05) is 13.1 Å². The normalized spacial score (nSPS) is 29.0. The molecule has 4 N–H and O–H groups in total. The quantitative estimate of drug-likeness (QED) is 0.403. The molecule has 0 aliphatic carbocycles. The number of morpholine rings is 1. The number of ether oxygens (including phenoxy) is 1. The second-order valence-electron chi connectivity index (χ2n) is 2.93. The first-order valence-electron chi connectivity index (χ1n) is 3.93. The van der Waals surface area contributed by atoms with Crippen molar-refractivity contribution in [2.24, 2.45) is 0 Å². The first kappa shape index (κ1) is 13.0. The Balaban J connectivity index is 0.000000252. The molecule has 1 rings (SSSR count). The topological polar surface area (TPSA) is 99.0 Å². The van der Waals surface area contributed by atoms with Gasteiger partial charge in [0.2, 0.25) is 0 Å². The fourth-order valence-electron chi connectivity index (χ4n) is 0.983. The maximum Gasteiger partial charge on any atom is 0.466 e. The van der Waals surface area contributed by atoms with Crippen LogP contribution in [0.1, 0.15) is 13.8 Å². The number of nitrogens with one attached hydrogen (secondary N) is 1. The molecule has 2 atom stereocenters. The van der Waals surface area contributed by atoms with Gasteiger partial charge in [-0.15, -0.1) is 0 Å². The zero-order valence-electron chi connectivity index (χ0n) is 7.67. The molecule has 1 fully saturated rings. The highest BCUT2D eigenvalue weighted by molar-refractivity contribution is 7.45. The minimum atomic E-state index is -4.64. The SMILES string of the molecule is C[C@H]1CNC[C@H](C)O1.O=P(O)(O)O. The van der Waals surface area contributed by atoms with E-state index in [1.54, 1.807) is 0 Å². The van der Waals surface area contributed by atoms with Crippen LogP contribution >= 0.6 is 7.82 Å². The smallest absolute Gasteiger partial charge is 0.373 e. The Labute approximate surface area is 77.2 Å². The van der Waals surface area contributed by atoms with Crippen LogP contribution < -0.4 is 5.32 Å². The lowest BCUT2D eigenvalue weighted by molar-refractivity contribution is -0.0166. The van der Waals surface area contributed by atoms with Gasteiger partial charge >= 0.3 is 7.82 Å². The molecule has 13 heavy (non-hydrogen) atoms. The van der Waals surface area contributed by atoms with Crippen LogP contribution in [0.5, 0.6) is 0 Å². The van der Waals surface area contributed by atoms with Crippen molar-refractivity contribution in [2.75, 3.05) is 13.1 Å². The highest BCUT2D eigenvalue weighted by Gasteiger charge is 2.12. The summed E-state index contributed by atoms with van der Waals surface area (Å²) in [5.41, 5.74) is 0. The van der Waals surface area contributed by atoms with Gasteiger partial charge in [-0.2, -0.15) is 0 Å². The molecule has 0 spiro atoms. The van der Waals surface area contributed by atoms with Gasteiger partial charge in [0.25, 0.3) is 0 Å². The maximum absolute atomic E-state index is 8.88. The summed E-state index contributed by atoms with van der Waals surface area (Å²) in [4.78, 5) is 21.6. The standard InChI is InChI=1S/C6H13NO.H3O4P/c1-5-3-7-4-6(2)8-5;1-5(2,3)4/h5-7H,3-4H2,1-2H3;(H3,1,2,3,4)/t5-,6-;/m0./s1. The summed E-state index contributed by atoms with van der Waals surface area (Å²) >= 11 is 0. The van der Waals surface area contributed by atoms with E-state index in [2.05, 4.69) is 19.2 Å². The van der Waals surface area contributed by atoms with Crippen molar-refractivity contribution < 1.29 is 24.0 Å². The molecule has 0 aromatic rings. The van der Waals surface area contributed by atoms with Gasteiger partial charge in [-0.3, -0.25) is 0 Å². The third-order valence-corrected chi connectivity index (χ3v) is 1.33. The Morgan fingerprint density at radius 3 is 1.69 bits per heavy atom. The van der Waals surface area contributed by atoms with Crippen molar-refractivity contribution in [3.63, 3.8) is 0 Å². The minimum Gasteiger partial charge on any atom is -0.373 e. The molecule has 0 aromatic heterocycles. The Hall–Kier alpha value is 0.0300. The van der Waals surface area contributed by atoms with Crippen LogP contribution in [0.15, 0.2) is 0 Å². The third kappa shape index (κ3) is 12.0. The second kappa shape index (κ2) is 5.70. The van der Waals surface area contributed by atoms with Crippen LogP contribution in [-0.2, 0) is 9.30 Å². The van der Waals surface area contributed by atoms with Gasteiger partial charge in [0.05, 0.1) is 12.2 Å². The van der Waals surface area contributed by atoms with E-state index in [0.29, 0.717) is 12.2 Å². The second-order valence-corrected chi connectivity index (χ2v) is 3.96. The zero-order chi connectivity index (χ0) is 10.5. The van der Waals surface area contributed by atoms with Crippen molar-refractivity contribution >= 4 is 7.82 Å². The molecular weight excluding hydrogens is 197 g/mol. The van der Waals surface area contributed by atoms with Gasteiger partial charge < -0.3 is 24.7 Å². The molecule has 1 aliphatic rings. The Kier molecular flexibility index (Phi) is 5.71. The van der Waals surface area contributed by atoms with E-state index in [-0.39, 0.29) is 0 Å². The summed E-state index contributed by atoms with van der Waals surface area (Å²) in [6.07, 6.45) is 0.803. The first-order valence-corrected chi connectivity index (χ1v) is 5.50. The fourth-order valence-corrected chi connectivity index (χ4v) is 0.983. The van der Waals surface area contributed by atoms with Gasteiger partial charge in [-0.05, 0) is 13.8 Å². The molecule has 1 saturated heterocycles. The van der Waals surface area contributed by atoms with Crippen LogP contribution in [-0.4, -0.2) is 40.0 Å². The van der Waals surface area contributed by atoms with Crippen LogP contribution in [0.3, 0.4) is 0 Å². The lowest BCUT2D eigenvalue weighted by Gasteiger charge is -2.25. The molecular formula is C6H16NO5P. The average molecular weight is 213 g/mol. The molecule has 0 radical (unpaired) electrons. The highest BCUT2D eigenvalue weighted by atomic mass is 31.2. The Morgan fingerprint density at radius 1 is 1.23 bits per heavy atom. The van der Waals surface area contributed by atoms with E-state index in [1.807, 2.05) is 0 Å². The van der Waals surface area contributed by atoms with Crippen molar-refractivity contribution in [3.8, 4) is 0 Å². The lowest BCUT2D eigenvalue weighted by atomic mass is 10.3. The summed E-state index contributed by atoms with van der Waals surface area (Å²) in [6, 6.07) is 0. The van der Waals surface area contributed by atoms with Gasteiger partial charge in [-0.1, -0.05) is 0 Å². The number of rotatable bonds is 0. The monoisotopic (exact) mass is 213 g/mol. The summed E-state index contributed by atoms with van der Waals surface area (Å²) in [5.74, 6) is 0. The van der Waals surface area contributed by atoms with Crippen molar-refractivity contribution in [1.29, 1.82) is 0 Å².